The molecular formula is C23H17NO4S2. The quantitative estimate of drug-likeness (QED) is 0.430. The zero-order valence-corrected chi connectivity index (χ0v) is 17.6. The minimum atomic E-state index is -1.03. The van der Waals surface area contributed by atoms with Crippen LogP contribution in [0.2, 0.25) is 0 Å². The van der Waals surface area contributed by atoms with E-state index in [1.54, 1.807) is 41.3 Å². The summed E-state index contributed by atoms with van der Waals surface area (Å²) in [4.78, 5) is 26.3. The van der Waals surface area contributed by atoms with Gasteiger partial charge >= 0.3 is 5.97 Å². The smallest absolute Gasteiger partial charge is 0.336 e. The van der Waals surface area contributed by atoms with Gasteiger partial charge < -0.3 is 9.52 Å². The van der Waals surface area contributed by atoms with E-state index < -0.39 is 5.97 Å². The van der Waals surface area contributed by atoms with Crippen LogP contribution in [0.15, 0.2) is 70.0 Å². The van der Waals surface area contributed by atoms with Crippen LogP contribution in [0.25, 0.3) is 17.4 Å². The van der Waals surface area contributed by atoms with Crippen LogP contribution in [0.1, 0.15) is 27.2 Å². The summed E-state index contributed by atoms with van der Waals surface area (Å²) < 4.78 is 6.30. The lowest BCUT2D eigenvalue weighted by Gasteiger charge is -2.14. The van der Waals surface area contributed by atoms with Crippen molar-refractivity contribution in [1.82, 2.24) is 4.90 Å². The lowest BCUT2D eigenvalue weighted by atomic mass is 10.1. The number of benzene rings is 2. The Kier molecular flexibility index (Phi) is 5.57. The van der Waals surface area contributed by atoms with Crippen molar-refractivity contribution in [2.45, 2.75) is 13.5 Å². The Labute approximate surface area is 183 Å². The van der Waals surface area contributed by atoms with Crippen LogP contribution in [0.3, 0.4) is 0 Å². The molecule has 0 atom stereocenters. The first-order valence-corrected chi connectivity index (χ1v) is 10.4. The Hall–Kier alpha value is -3.16. The van der Waals surface area contributed by atoms with Gasteiger partial charge in [-0.25, -0.2) is 4.79 Å². The number of rotatable bonds is 5. The third-order valence-electron chi connectivity index (χ3n) is 4.66. The molecule has 0 bridgehead atoms. The predicted molar refractivity (Wildman–Crippen MR) is 121 cm³/mol. The van der Waals surface area contributed by atoms with E-state index >= 15 is 0 Å². The fraction of sp³-hybridized carbons (Fsp3) is 0.0870. The second-order valence-corrected chi connectivity index (χ2v) is 8.48. The van der Waals surface area contributed by atoms with Crippen LogP contribution in [0, 0.1) is 6.92 Å². The molecule has 2 heterocycles. The third kappa shape index (κ3) is 4.08. The van der Waals surface area contributed by atoms with E-state index in [1.165, 1.54) is 17.8 Å². The summed E-state index contributed by atoms with van der Waals surface area (Å²) >= 11 is 6.62. The van der Waals surface area contributed by atoms with Crippen molar-refractivity contribution in [1.29, 1.82) is 0 Å². The lowest BCUT2D eigenvalue weighted by molar-refractivity contribution is -0.122. The minimum Gasteiger partial charge on any atom is -0.478 e. The molecule has 1 saturated heterocycles. The maximum atomic E-state index is 12.8. The number of thiocarbonyl (C=S) groups is 1. The Morgan fingerprint density at radius 1 is 1.13 bits per heavy atom. The van der Waals surface area contributed by atoms with Crippen LogP contribution in [0.4, 0.5) is 0 Å². The van der Waals surface area contributed by atoms with Crippen molar-refractivity contribution < 1.29 is 19.1 Å². The van der Waals surface area contributed by atoms with Gasteiger partial charge in [-0.2, -0.15) is 0 Å². The molecule has 150 valence electrons. The first kappa shape index (κ1) is 20.1. The molecule has 1 aromatic heterocycles. The molecule has 1 N–H and O–H groups in total. The number of amides is 1. The van der Waals surface area contributed by atoms with Gasteiger partial charge in [0.2, 0.25) is 0 Å². The molecule has 3 aromatic rings. The van der Waals surface area contributed by atoms with E-state index in [0.29, 0.717) is 32.9 Å². The Bertz CT molecular complexity index is 1180. The van der Waals surface area contributed by atoms with Crippen molar-refractivity contribution in [2.75, 3.05) is 0 Å². The van der Waals surface area contributed by atoms with Crippen LogP contribution in [0.5, 0.6) is 0 Å². The monoisotopic (exact) mass is 435 g/mol. The van der Waals surface area contributed by atoms with Gasteiger partial charge in [0.05, 0.1) is 17.0 Å². The van der Waals surface area contributed by atoms with Crippen molar-refractivity contribution in [3.05, 3.63) is 88.0 Å². The molecule has 1 amide bonds. The van der Waals surface area contributed by atoms with E-state index in [1.807, 2.05) is 31.2 Å². The summed E-state index contributed by atoms with van der Waals surface area (Å²) in [6.45, 7) is 2.43. The van der Waals surface area contributed by atoms with Gasteiger partial charge in [0, 0.05) is 11.6 Å². The average Bonchev–Trinajstić information content (AvgIpc) is 3.30. The summed E-state index contributed by atoms with van der Waals surface area (Å²) in [5.74, 6) is -0.314. The van der Waals surface area contributed by atoms with Crippen LogP contribution in [-0.4, -0.2) is 26.2 Å². The molecule has 0 spiro atoms. The molecular weight excluding hydrogens is 418 g/mol. The molecule has 5 nitrogen and oxygen atoms in total. The van der Waals surface area contributed by atoms with E-state index in [0.717, 1.165) is 11.1 Å². The largest absolute Gasteiger partial charge is 0.478 e. The Balaban J connectivity index is 1.56. The zero-order chi connectivity index (χ0) is 21.3. The van der Waals surface area contributed by atoms with Gasteiger partial charge in [0.25, 0.3) is 5.91 Å². The van der Waals surface area contributed by atoms with Gasteiger partial charge in [-0.05, 0) is 30.7 Å². The third-order valence-corrected chi connectivity index (χ3v) is 6.04. The molecule has 1 fully saturated rings. The van der Waals surface area contributed by atoms with Gasteiger partial charge in [0.15, 0.2) is 0 Å². The van der Waals surface area contributed by atoms with Gasteiger partial charge in [0.1, 0.15) is 15.8 Å². The highest BCUT2D eigenvalue weighted by Crippen LogP contribution is 2.35. The number of carboxylic acid groups (broad SMARTS) is 1. The fourth-order valence-electron chi connectivity index (χ4n) is 3.10. The highest BCUT2D eigenvalue weighted by molar-refractivity contribution is 8.26. The van der Waals surface area contributed by atoms with Crippen molar-refractivity contribution in [2.24, 2.45) is 0 Å². The molecule has 4 rings (SSSR count). The van der Waals surface area contributed by atoms with Crippen molar-refractivity contribution in [3.8, 4) is 11.3 Å². The molecule has 2 aromatic carbocycles. The second-order valence-electron chi connectivity index (χ2n) is 6.81. The Morgan fingerprint density at radius 3 is 2.60 bits per heavy atom. The van der Waals surface area contributed by atoms with Gasteiger partial charge in [-0.3, -0.25) is 9.69 Å². The molecule has 0 aliphatic carbocycles. The molecule has 30 heavy (non-hydrogen) atoms. The lowest BCUT2D eigenvalue weighted by Crippen LogP contribution is -2.27. The number of thioether (sulfide) groups is 1. The molecule has 0 radical (unpaired) electrons. The van der Waals surface area contributed by atoms with Crippen molar-refractivity contribution >= 4 is 46.3 Å². The summed E-state index contributed by atoms with van der Waals surface area (Å²) in [7, 11) is 0. The van der Waals surface area contributed by atoms with E-state index in [2.05, 4.69) is 0 Å². The first-order chi connectivity index (χ1) is 14.4. The number of hydrogen-bond donors (Lipinski definition) is 1. The van der Waals surface area contributed by atoms with Crippen LogP contribution < -0.4 is 0 Å². The summed E-state index contributed by atoms with van der Waals surface area (Å²) in [6.07, 6.45) is 1.64. The summed E-state index contributed by atoms with van der Waals surface area (Å²) in [5, 5.41) is 9.37. The number of hydrogen-bond acceptors (Lipinski definition) is 5. The minimum absolute atomic E-state index is 0.155. The summed E-state index contributed by atoms with van der Waals surface area (Å²) in [6, 6.07) is 18.0. The molecule has 1 aliphatic heterocycles. The normalized spacial score (nSPS) is 15.2. The van der Waals surface area contributed by atoms with Crippen LogP contribution in [-0.2, 0) is 11.3 Å². The second kappa shape index (κ2) is 8.30. The number of carbonyl (C=O) groups excluding carboxylic acids is 1. The topological polar surface area (TPSA) is 70.8 Å². The maximum Gasteiger partial charge on any atom is 0.336 e. The number of nitrogens with zero attached hydrogens (tertiary/aromatic N) is 1. The maximum absolute atomic E-state index is 12.8. The van der Waals surface area contributed by atoms with E-state index in [-0.39, 0.29) is 11.5 Å². The van der Waals surface area contributed by atoms with Gasteiger partial charge in [-0.15, -0.1) is 0 Å². The first-order valence-electron chi connectivity index (χ1n) is 9.16. The molecule has 7 heteroatoms. The zero-order valence-electron chi connectivity index (χ0n) is 16.0. The van der Waals surface area contributed by atoms with E-state index in [4.69, 9.17) is 16.6 Å². The predicted octanol–water partition coefficient (Wildman–Crippen LogP) is 5.35. The Morgan fingerprint density at radius 2 is 1.87 bits per heavy atom. The molecule has 0 unspecified atom stereocenters. The molecule has 0 saturated carbocycles. The van der Waals surface area contributed by atoms with Crippen molar-refractivity contribution in [3.63, 3.8) is 0 Å². The summed E-state index contributed by atoms with van der Waals surface area (Å²) in [5.41, 5.74) is 2.80. The highest BCUT2D eigenvalue weighted by Gasteiger charge is 2.32. The van der Waals surface area contributed by atoms with E-state index in [9.17, 15) is 14.7 Å². The average molecular weight is 436 g/mol. The highest BCUT2D eigenvalue weighted by atomic mass is 32.2. The number of carboxylic acids is 1. The van der Waals surface area contributed by atoms with Gasteiger partial charge in [-0.1, -0.05) is 72.0 Å². The number of furan rings is 1. The fourth-order valence-corrected chi connectivity index (χ4v) is 4.34. The standard InChI is InChI=1S/C23H17NO4S2/c1-14-6-8-15(9-7-14)13-24-21(25)20(30-23(24)29)12-16-10-11-19(28-16)17-4-2-3-5-18(17)22(26)27/h2-12H,13H2,1H3,(H,26,27). The number of aromatic carboxylic acids is 1. The molecule has 1 aliphatic rings. The van der Waals surface area contributed by atoms with Crippen LogP contribution >= 0.6 is 24.0 Å². The number of aryl methyl sites for hydroxylation is 1. The SMILES string of the molecule is Cc1ccc(CN2C(=O)C(=Cc3ccc(-c4ccccc4C(=O)O)o3)SC2=S)cc1. The number of carbonyl (C=O) groups is 2.